The standard InChI is InChI=1S/C14H15ClN2O2/c1-16(2)9-10-13(18)7-8-17(14(10)19)12-6-4-3-5-11(12)15/h3-6,9H,7-8H2,1-2H3/b10-9+. The van der Waals surface area contributed by atoms with Crippen LogP contribution < -0.4 is 4.90 Å². The van der Waals surface area contributed by atoms with E-state index >= 15 is 0 Å². The number of amides is 1. The first-order valence-corrected chi connectivity index (χ1v) is 6.36. The van der Waals surface area contributed by atoms with Crippen molar-refractivity contribution in [2.75, 3.05) is 25.5 Å². The summed E-state index contributed by atoms with van der Waals surface area (Å²) in [7, 11) is 3.56. The Morgan fingerprint density at radius 2 is 1.95 bits per heavy atom. The van der Waals surface area contributed by atoms with Crippen molar-refractivity contribution in [2.24, 2.45) is 0 Å². The maximum atomic E-state index is 12.4. The van der Waals surface area contributed by atoms with Crippen LogP contribution in [0.1, 0.15) is 6.42 Å². The van der Waals surface area contributed by atoms with Crippen molar-refractivity contribution in [3.8, 4) is 0 Å². The van der Waals surface area contributed by atoms with Crippen LogP contribution in [0.4, 0.5) is 5.69 Å². The second kappa shape index (κ2) is 5.45. The Morgan fingerprint density at radius 3 is 2.58 bits per heavy atom. The Balaban J connectivity index is 2.37. The summed E-state index contributed by atoms with van der Waals surface area (Å²) in [5, 5.41) is 0.509. The molecule has 0 saturated carbocycles. The first kappa shape index (κ1) is 13.6. The van der Waals surface area contributed by atoms with E-state index in [2.05, 4.69) is 0 Å². The summed E-state index contributed by atoms with van der Waals surface area (Å²) < 4.78 is 0. The van der Waals surface area contributed by atoms with Gasteiger partial charge in [-0.1, -0.05) is 23.7 Å². The maximum absolute atomic E-state index is 12.4. The van der Waals surface area contributed by atoms with E-state index in [0.717, 1.165) is 0 Å². The molecule has 0 bridgehead atoms. The van der Waals surface area contributed by atoms with Crippen molar-refractivity contribution in [1.82, 2.24) is 4.90 Å². The molecule has 1 aromatic rings. The van der Waals surface area contributed by atoms with Crippen LogP contribution in [0.25, 0.3) is 0 Å². The number of anilines is 1. The van der Waals surface area contributed by atoms with Gasteiger partial charge in [-0.3, -0.25) is 9.59 Å². The van der Waals surface area contributed by atoms with Gasteiger partial charge in [-0.25, -0.2) is 0 Å². The lowest BCUT2D eigenvalue weighted by Gasteiger charge is -2.28. The molecule has 0 spiro atoms. The molecule has 5 heteroatoms. The Morgan fingerprint density at radius 1 is 1.26 bits per heavy atom. The third-order valence-electron chi connectivity index (χ3n) is 2.87. The Labute approximate surface area is 117 Å². The predicted molar refractivity (Wildman–Crippen MR) is 75.2 cm³/mol. The van der Waals surface area contributed by atoms with Gasteiger partial charge in [0.2, 0.25) is 0 Å². The van der Waals surface area contributed by atoms with Crippen molar-refractivity contribution in [3.05, 3.63) is 41.1 Å². The number of hydrogen-bond donors (Lipinski definition) is 0. The van der Waals surface area contributed by atoms with Gasteiger partial charge in [0.25, 0.3) is 5.91 Å². The van der Waals surface area contributed by atoms with Crippen LogP contribution in [0.15, 0.2) is 36.0 Å². The second-order valence-corrected chi connectivity index (χ2v) is 4.99. The third kappa shape index (κ3) is 2.79. The van der Waals surface area contributed by atoms with Gasteiger partial charge in [0.15, 0.2) is 5.78 Å². The van der Waals surface area contributed by atoms with Crippen LogP contribution in [0.3, 0.4) is 0 Å². The molecule has 2 rings (SSSR count). The van der Waals surface area contributed by atoms with Gasteiger partial charge < -0.3 is 9.80 Å². The number of rotatable bonds is 2. The summed E-state index contributed by atoms with van der Waals surface area (Å²) in [5.74, 6) is -0.417. The van der Waals surface area contributed by atoms with Crippen LogP contribution in [-0.4, -0.2) is 37.2 Å². The molecule has 0 unspecified atom stereocenters. The van der Waals surface area contributed by atoms with E-state index in [1.54, 1.807) is 42.2 Å². The summed E-state index contributed by atoms with van der Waals surface area (Å²) in [4.78, 5) is 27.5. The Hall–Kier alpha value is -1.81. The lowest BCUT2D eigenvalue weighted by Crippen LogP contribution is -2.41. The van der Waals surface area contributed by atoms with Crippen LogP contribution >= 0.6 is 11.6 Å². The average molecular weight is 279 g/mol. The fraction of sp³-hybridized carbons (Fsp3) is 0.286. The minimum atomic E-state index is -0.293. The van der Waals surface area contributed by atoms with Gasteiger partial charge in [0, 0.05) is 33.3 Å². The molecular formula is C14H15ClN2O2. The molecule has 0 N–H and O–H groups in total. The zero-order chi connectivity index (χ0) is 14.0. The number of carbonyl (C=O) groups is 2. The van der Waals surface area contributed by atoms with Crippen LogP contribution in [-0.2, 0) is 9.59 Å². The lowest BCUT2D eigenvalue weighted by atomic mass is 10.0. The predicted octanol–water partition coefficient (Wildman–Crippen LogP) is 2.09. The molecule has 1 aromatic carbocycles. The number of halogens is 1. The minimum Gasteiger partial charge on any atom is -0.383 e. The highest BCUT2D eigenvalue weighted by Gasteiger charge is 2.31. The number of Topliss-reactive ketones (excluding diaryl/α,β-unsaturated/α-hetero) is 1. The summed E-state index contributed by atoms with van der Waals surface area (Å²) >= 11 is 6.10. The van der Waals surface area contributed by atoms with Gasteiger partial charge >= 0.3 is 0 Å². The maximum Gasteiger partial charge on any atom is 0.263 e. The number of hydrogen-bond acceptors (Lipinski definition) is 3. The van der Waals surface area contributed by atoms with Crippen LogP contribution in [0.5, 0.6) is 0 Å². The smallest absolute Gasteiger partial charge is 0.263 e. The second-order valence-electron chi connectivity index (χ2n) is 4.59. The molecule has 0 radical (unpaired) electrons. The van der Waals surface area contributed by atoms with E-state index < -0.39 is 0 Å². The molecule has 1 heterocycles. The lowest BCUT2D eigenvalue weighted by molar-refractivity contribution is -0.123. The average Bonchev–Trinajstić information content (AvgIpc) is 2.36. The monoisotopic (exact) mass is 278 g/mol. The van der Waals surface area contributed by atoms with E-state index in [9.17, 15) is 9.59 Å². The van der Waals surface area contributed by atoms with E-state index in [-0.39, 0.29) is 17.3 Å². The highest BCUT2D eigenvalue weighted by atomic mass is 35.5. The zero-order valence-corrected chi connectivity index (χ0v) is 11.6. The fourth-order valence-electron chi connectivity index (χ4n) is 2.00. The van der Waals surface area contributed by atoms with Gasteiger partial charge in [0.1, 0.15) is 0 Å². The highest BCUT2D eigenvalue weighted by Crippen LogP contribution is 2.29. The van der Waals surface area contributed by atoms with Gasteiger partial charge in [-0.05, 0) is 12.1 Å². The summed E-state index contributed by atoms with van der Waals surface area (Å²) in [5.41, 5.74) is 0.850. The van der Waals surface area contributed by atoms with Crippen molar-refractivity contribution < 1.29 is 9.59 Å². The number of para-hydroxylation sites is 1. The quantitative estimate of drug-likeness (QED) is 0.614. The summed E-state index contributed by atoms with van der Waals surface area (Å²) in [6.07, 6.45) is 1.88. The number of nitrogens with zero attached hydrogens (tertiary/aromatic N) is 2. The van der Waals surface area contributed by atoms with Crippen molar-refractivity contribution in [1.29, 1.82) is 0 Å². The SMILES string of the molecule is CN(C)/C=C1\C(=O)CCN(c2ccccc2Cl)C1=O. The largest absolute Gasteiger partial charge is 0.383 e. The van der Waals surface area contributed by atoms with Crippen molar-refractivity contribution in [3.63, 3.8) is 0 Å². The Bertz CT molecular complexity index is 552. The number of ketones is 1. The first-order chi connectivity index (χ1) is 9.00. The molecule has 1 amide bonds. The molecule has 19 heavy (non-hydrogen) atoms. The minimum absolute atomic E-state index is 0.123. The zero-order valence-electron chi connectivity index (χ0n) is 10.9. The third-order valence-corrected chi connectivity index (χ3v) is 3.19. The molecule has 0 aliphatic carbocycles. The topological polar surface area (TPSA) is 40.6 Å². The van der Waals surface area contributed by atoms with Gasteiger partial charge in [0.05, 0.1) is 16.3 Å². The van der Waals surface area contributed by atoms with E-state index in [0.29, 0.717) is 23.7 Å². The van der Waals surface area contributed by atoms with Gasteiger partial charge in [-0.15, -0.1) is 0 Å². The molecule has 4 nitrogen and oxygen atoms in total. The van der Waals surface area contributed by atoms with Crippen molar-refractivity contribution in [2.45, 2.75) is 6.42 Å². The van der Waals surface area contributed by atoms with E-state index in [4.69, 9.17) is 11.6 Å². The molecule has 0 aromatic heterocycles. The Kier molecular flexibility index (Phi) is 3.90. The fourth-order valence-corrected chi connectivity index (χ4v) is 2.24. The van der Waals surface area contributed by atoms with Crippen LogP contribution in [0, 0.1) is 0 Å². The van der Waals surface area contributed by atoms with E-state index in [1.165, 1.54) is 0 Å². The molecule has 1 aliphatic heterocycles. The molecule has 1 aliphatic rings. The molecule has 0 atom stereocenters. The summed E-state index contributed by atoms with van der Waals surface area (Å²) in [6.45, 7) is 0.367. The van der Waals surface area contributed by atoms with E-state index in [1.807, 2.05) is 12.1 Å². The molecule has 100 valence electrons. The number of carbonyl (C=O) groups excluding carboxylic acids is 2. The highest BCUT2D eigenvalue weighted by molar-refractivity contribution is 6.35. The molecular weight excluding hydrogens is 264 g/mol. The first-order valence-electron chi connectivity index (χ1n) is 5.98. The van der Waals surface area contributed by atoms with Crippen LogP contribution in [0.2, 0.25) is 5.02 Å². The molecule has 1 fully saturated rings. The normalized spacial score (nSPS) is 18.1. The number of benzene rings is 1. The number of piperidine rings is 1. The summed E-state index contributed by atoms with van der Waals surface area (Å²) in [6, 6.07) is 7.14. The van der Waals surface area contributed by atoms with Crippen molar-refractivity contribution >= 4 is 29.0 Å². The molecule has 1 saturated heterocycles. The van der Waals surface area contributed by atoms with Gasteiger partial charge in [-0.2, -0.15) is 0 Å².